The molecule has 0 radical (unpaired) electrons. The molecule has 7 heteroatoms. The first kappa shape index (κ1) is 14.8. The molecule has 2 N–H and O–H groups in total. The summed E-state index contributed by atoms with van der Waals surface area (Å²) in [6.45, 7) is -0.0512. The highest BCUT2D eigenvalue weighted by atomic mass is 19.4. The summed E-state index contributed by atoms with van der Waals surface area (Å²) in [5.74, 6) is 0.109. The van der Waals surface area contributed by atoms with Crippen LogP contribution in [0.25, 0.3) is 0 Å². The molecule has 3 rings (SSSR count). The van der Waals surface area contributed by atoms with E-state index in [2.05, 4.69) is 10.2 Å². The fraction of sp³-hybridized carbons (Fsp3) is 0.857. The van der Waals surface area contributed by atoms with Crippen molar-refractivity contribution in [3.63, 3.8) is 0 Å². The minimum atomic E-state index is -4.15. The second-order valence-corrected chi connectivity index (χ2v) is 6.27. The number of hydrogen-bond acceptors (Lipinski definition) is 3. The topological polar surface area (TPSA) is 56.7 Å². The first-order valence-corrected chi connectivity index (χ1v) is 7.71. The van der Waals surface area contributed by atoms with Crippen LogP contribution in [0.15, 0.2) is 0 Å². The molecular formula is C14H21F3N4. The second kappa shape index (κ2) is 5.59. The van der Waals surface area contributed by atoms with Gasteiger partial charge in [-0.1, -0.05) is 19.3 Å². The number of aryl methyl sites for hydroxylation is 1. The van der Waals surface area contributed by atoms with E-state index in [-0.39, 0.29) is 24.9 Å². The summed E-state index contributed by atoms with van der Waals surface area (Å²) >= 11 is 0. The van der Waals surface area contributed by atoms with Crippen molar-refractivity contribution >= 4 is 0 Å². The fourth-order valence-electron chi connectivity index (χ4n) is 3.55. The van der Waals surface area contributed by atoms with Crippen LogP contribution >= 0.6 is 0 Å². The van der Waals surface area contributed by atoms with Crippen molar-refractivity contribution in [3.8, 4) is 0 Å². The maximum absolute atomic E-state index is 13.0. The van der Waals surface area contributed by atoms with E-state index in [4.69, 9.17) is 5.73 Å². The number of fused-ring (bicyclic) bond motifs is 1. The summed E-state index contributed by atoms with van der Waals surface area (Å²) in [4.78, 5) is 0. The quantitative estimate of drug-likeness (QED) is 0.812. The van der Waals surface area contributed by atoms with E-state index in [9.17, 15) is 13.2 Å². The molecule has 1 aliphatic carbocycles. The van der Waals surface area contributed by atoms with Crippen LogP contribution in [0.5, 0.6) is 0 Å². The summed E-state index contributed by atoms with van der Waals surface area (Å²) in [6.07, 6.45) is 1.40. The molecule has 0 saturated heterocycles. The highest BCUT2D eigenvalue weighted by Gasteiger charge is 2.43. The molecule has 118 valence electrons. The number of aromatic nitrogens is 3. The minimum absolute atomic E-state index is 0.0212. The van der Waals surface area contributed by atoms with Crippen LogP contribution in [0.1, 0.15) is 56.1 Å². The van der Waals surface area contributed by atoms with Crippen LogP contribution < -0.4 is 5.73 Å². The van der Waals surface area contributed by atoms with Crippen molar-refractivity contribution < 1.29 is 13.2 Å². The first-order valence-electron chi connectivity index (χ1n) is 7.71. The zero-order chi connectivity index (χ0) is 15.0. The van der Waals surface area contributed by atoms with Gasteiger partial charge in [0.1, 0.15) is 11.6 Å². The van der Waals surface area contributed by atoms with E-state index < -0.39 is 12.1 Å². The fourth-order valence-corrected chi connectivity index (χ4v) is 3.55. The minimum Gasteiger partial charge on any atom is -0.327 e. The van der Waals surface area contributed by atoms with Crippen molar-refractivity contribution in [2.75, 3.05) is 0 Å². The van der Waals surface area contributed by atoms with Crippen LogP contribution in [0.3, 0.4) is 0 Å². The van der Waals surface area contributed by atoms with Crippen molar-refractivity contribution in [2.45, 2.75) is 69.6 Å². The molecule has 3 unspecified atom stereocenters. The van der Waals surface area contributed by atoms with Gasteiger partial charge < -0.3 is 10.3 Å². The molecule has 1 aromatic heterocycles. The average molecular weight is 302 g/mol. The van der Waals surface area contributed by atoms with Crippen molar-refractivity contribution in [1.29, 1.82) is 0 Å². The molecule has 0 amide bonds. The van der Waals surface area contributed by atoms with Crippen LogP contribution in [0, 0.1) is 5.92 Å². The number of nitrogens with two attached hydrogens (primary N) is 1. The maximum Gasteiger partial charge on any atom is 0.393 e. The van der Waals surface area contributed by atoms with Crippen molar-refractivity contribution in [2.24, 2.45) is 11.7 Å². The molecule has 3 atom stereocenters. The summed E-state index contributed by atoms with van der Waals surface area (Å²) in [5.41, 5.74) is 6.22. The summed E-state index contributed by atoms with van der Waals surface area (Å²) in [6, 6.07) is -0.0212. The Balaban J connectivity index is 1.87. The van der Waals surface area contributed by atoms with Gasteiger partial charge in [0.2, 0.25) is 0 Å². The molecule has 0 aromatic carbocycles. The van der Waals surface area contributed by atoms with Crippen LogP contribution in [-0.4, -0.2) is 27.0 Å². The Hall–Kier alpha value is -1.11. The summed E-state index contributed by atoms with van der Waals surface area (Å²) < 4.78 is 40.6. The first-order chi connectivity index (χ1) is 9.97. The Morgan fingerprint density at radius 1 is 1.05 bits per heavy atom. The zero-order valence-electron chi connectivity index (χ0n) is 11.9. The third-order valence-corrected chi connectivity index (χ3v) is 4.84. The second-order valence-electron chi connectivity index (χ2n) is 6.27. The van der Waals surface area contributed by atoms with Gasteiger partial charge in [-0.2, -0.15) is 13.2 Å². The lowest BCUT2D eigenvalue weighted by Gasteiger charge is -2.28. The third kappa shape index (κ3) is 2.93. The zero-order valence-corrected chi connectivity index (χ0v) is 11.9. The summed E-state index contributed by atoms with van der Waals surface area (Å²) in [5, 5.41) is 8.30. The van der Waals surface area contributed by atoms with E-state index in [1.165, 1.54) is 0 Å². The standard InChI is InChI=1S/C14H21F3N4/c15-14(16,17)9-6-7-12-19-20-13(21(12)8-9)10-4-2-1-3-5-11(10)18/h9-11H,1-8,18H2. The molecule has 4 nitrogen and oxygen atoms in total. The lowest BCUT2D eigenvalue weighted by Crippen LogP contribution is -2.35. The normalized spacial score (nSPS) is 30.8. The van der Waals surface area contributed by atoms with Gasteiger partial charge in [0.15, 0.2) is 0 Å². The lowest BCUT2D eigenvalue weighted by molar-refractivity contribution is -0.182. The molecule has 0 spiro atoms. The van der Waals surface area contributed by atoms with Gasteiger partial charge in [0, 0.05) is 24.9 Å². The molecule has 1 saturated carbocycles. The smallest absolute Gasteiger partial charge is 0.327 e. The number of halogens is 3. The monoisotopic (exact) mass is 302 g/mol. The van der Waals surface area contributed by atoms with Gasteiger partial charge in [-0.05, 0) is 19.3 Å². The predicted octanol–water partition coefficient (Wildman–Crippen LogP) is 2.78. The number of hydrogen-bond donors (Lipinski definition) is 1. The predicted molar refractivity (Wildman–Crippen MR) is 71.7 cm³/mol. The molecule has 2 heterocycles. The van der Waals surface area contributed by atoms with Crippen LogP contribution in [0.2, 0.25) is 0 Å². The van der Waals surface area contributed by atoms with E-state index in [0.29, 0.717) is 18.1 Å². The molecule has 2 aliphatic rings. The summed E-state index contributed by atoms with van der Waals surface area (Å²) in [7, 11) is 0. The van der Waals surface area contributed by atoms with Gasteiger partial charge >= 0.3 is 6.18 Å². The largest absolute Gasteiger partial charge is 0.393 e. The molecule has 0 bridgehead atoms. The Kier molecular flexibility index (Phi) is 3.94. The Morgan fingerprint density at radius 3 is 2.57 bits per heavy atom. The van der Waals surface area contributed by atoms with Crippen LogP contribution in [-0.2, 0) is 13.0 Å². The molecule has 1 aliphatic heterocycles. The molecular weight excluding hydrogens is 281 g/mol. The van der Waals surface area contributed by atoms with E-state index >= 15 is 0 Å². The van der Waals surface area contributed by atoms with E-state index in [1.54, 1.807) is 4.57 Å². The van der Waals surface area contributed by atoms with Crippen molar-refractivity contribution in [3.05, 3.63) is 11.6 Å². The van der Waals surface area contributed by atoms with Gasteiger partial charge in [0.25, 0.3) is 0 Å². The van der Waals surface area contributed by atoms with Gasteiger partial charge in [-0.25, -0.2) is 0 Å². The SMILES string of the molecule is NC1CCCCCC1c1nnc2n1CC(C(F)(F)F)CC2. The van der Waals surface area contributed by atoms with Crippen molar-refractivity contribution in [1.82, 2.24) is 14.8 Å². The molecule has 1 fully saturated rings. The van der Waals surface area contributed by atoms with Crippen LogP contribution in [0.4, 0.5) is 13.2 Å². The number of rotatable bonds is 1. The Labute approximate surface area is 121 Å². The Morgan fingerprint density at radius 2 is 1.81 bits per heavy atom. The lowest BCUT2D eigenvalue weighted by atomic mass is 9.93. The van der Waals surface area contributed by atoms with E-state index in [1.807, 2.05) is 0 Å². The highest BCUT2D eigenvalue weighted by molar-refractivity contribution is 5.09. The molecule has 21 heavy (non-hydrogen) atoms. The van der Waals surface area contributed by atoms with Gasteiger partial charge in [-0.3, -0.25) is 0 Å². The Bertz CT molecular complexity index is 497. The number of nitrogens with zero attached hydrogens (tertiary/aromatic N) is 3. The van der Waals surface area contributed by atoms with Gasteiger partial charge in [-0.15, -0.1) is 10.2 Å². The maximum atomic E-state index is 13.0. The van der Waals surface area contributed by atoms with E-state index in [0.717, 1.165) is 32.1 Å². The highest BCUT2D eigenvalue weighted by Crippen LogP contribution is 2.37. The molecule has 1 aromatic rings. The number of alkyl halides is 3. The third-order valence-electron chi connectivity index (χ3n) is 4.84. The van der Waals surface area contributed by atoms with Gasteiger partial charge in [0.05, 0.1) is 5.92 Å². The average Bonchev–Trinajstić information content (AvgIpc) is 2.73.